The van der Waals surface area contributed by atoms with E-state index in [-0.39, 0.29) is 11.9 Å². The van der Waals surface area contributed by atoms with Crippen LogP contribution in [0.15, 0.2) is 53.1 Å². The number of hydrogen-bond donors (Lipinski definition) is 2. The van der Waals surface area contributed by atoms with Crippen LogP contribution in [0.2, 0.25) is 0 Å². The fourth-order valence-electron chi connectivity index (χ4n) is 3.32. The molecular weight excluding hydrogens is 288 g/mol. The lowest BCUT2D eigenvalue weighted by Crippen LogP contribution is -3.11. The SMILES string of the molecule is O=C(CCc1ccccc1)NC[C@@H](c1ccco1)[NH+]1CCCC1. The van der Waals surface area contributed by atoms with E-state index in [0.29, 0.717) is 13.0 Å². The summed E-state index contributed by atoms with van der Waals surface area (Å²) in [6.07, 6.45) is 5.55. The first-order valence-electron chi connectivity index (χ1n) is 8.51. The predicted molar refractivity (Wildman–Crippen MR) is 89.2 cm³/mol. The Morgan fingerprint density at radius 1 is 1.13 bits per heavy atom. The van der Waals surface area contributed by atoms with Crippen LogP contribution in [0.4, 0.5) is 0 Å². The number of rotatable bonds is 7. The first-order valence-corrected chi connectivity index (χ1v) is 8.51. The molecule has 122 valence electrons. The van der Waals surface area contributed by atoms with Crippen molar-refractivity contribution < 1.29 is 14.1 Å². The maximum atomic E-state index is 12.2. The lowest BCUT2D eigenvalue weighted by Gasteiger charge is -2.23. The number of quaternary nitrogens is 1. The molecule has 2 aromatic rings. The van der Waals surface area contributed by atoms with E-state index in [9.17, 15) is 4.79 Å². The Kier molecular flexibility index (Phi) is 5.48. The van der Waals surface area contributed by atoms with Crippen molar-refractivity contribution >= 4 is 5.91 Å². The van der Waals surface area contributed by atoms with Crippen molar-refractivity contribution in [3.8, 4) is 0 Å². The van der Waals surface area contributed by atoms with Gasteiger partial charge in [-0.05, 0) is 24.1 Å². The van der Waals surface area contributed by atoms with Gasteiger partial charge in [0.2, 0.25) is 5.91 Å². The number of likely N-dealkylation sites (tertiary alicyclic amines) is 1. The van der Waals surface area contributed by atoms with Gasteiger partial charge in [0.05, 0.1) is 25.9 Å². The maximum absolute atomic E-state index is 12.2. The highest BCUT2D eigenvalue weighted by atomic mass is 16.3. The lowest BCUT2D eigenvalue weighted by atomic mass is 10.1. The number of nitrogens with one attached hydrogen (secondary N) is 2. The summed E-state index contributed by atoms with van der Waals surface area (Å²) in [5, 5.41) is 3.10. The molecule has 1 amide bonds. The summed E-state index contributed by atoms with van der Waals surface area (Å²) >= 11 is 0. The summed E-state index contributed by atoms with van der Waals surface area (Å²) in [7, 11) is 0. The van der Waals surface area contributed by atoms with Crippen LogP contribution < -0.4 is 10.2 Å². The van der Waals surface area contributed by atoms with Crippen molar-refractivity contribution in [3.05, 3.63) is 60.1 Å². The van der Waals surface area contributed by atoms with E-state index >= 15 is 0 Å². The molecule has 2 N–H and O–H groups in total. The molecule has 0 unspecified atom stereocenters. The number of furan rings is 1. The zero-order valence-corrected chi connectivity index (χ0v) is 13.5. The quantitative estimate of drug-likeness (QED) is 0.818. The number of carbonyl (C=O) groups is 1. The lowest BCUT2D eigenvalue weighted by molar-refractivity contribution is -0.919. The molecule has 4 heteroatoms. The first-order chi connectivity index (χ1) is 11.3. The highest BCUT2D eigenvalue weighted by Crippen LogP contribution is 2.11. The minimum Gasteiger partial charge on any atom is -0.463 e. The monoisotopic (exact) mass is 313 g/mol. The standard InChI is InChI=1S/C19H24N2O2/c22-19(11-10-16-7-2-1-3-8-16)20-15-17(18-9-6-14-23-18)21-12-4-5-13-21/h1-3,6-9,14,17H,4-5,10-13,15H2,(H,20,22)/p+1/t17-/m0/s1. The van der Waals surface area contributed by atoms with E-state index in [0.717, 1.165) is 25.3 Å². The van der Waals surface area contributed by atoms with Crippen LogP contribution in [0.1, 0.15) is 36.6 Å². The summed E-state index contributed by atoms with van der Waals surface area (Å²) in [5.74, 6) is 1.09. The largest absolute Gasteiger partial charge is 0.463 e. The van der Waals surface area contributed by atoms with Crippen LogP contribution in [0.25, 0.3) is 0 Å². The predicted octanol–water partition coefficient (Wildman–Crippen LogP) is 1.75. The number of benzene rings is 1. The average Bonchev–Trinajstić information content (AvgIpc) is 3.28. The first kappa shape index (κ1) is 15.8. The van der Waals surface area contributed by atoms with E-state index in [1.807, 2.05) is 30.3 Å². The fraction of sp³-hybridized carbons (Fsp3) is 0.421. The third-order valence-electron chi connectivity index (χ3n) is 4.61. The van der Waals surface area contributed by atoms with Crippen molar-refractivity contribution in [2.75, 3.05) is 19.6 Å². The molecule has 0 radical (unpaired) electrons. The fourth-order valence-corrected chi connectivity index (χ4v) is 3.32. The van der Waals surface area contributed by atoms with Crippen LogP contribution >= 0.6 is 0 Å². The normalized spacial score (nSPS) is 16.3. The molecule has 4 nitrogen and oxygen atoms in total. The molecule has 1 saturated heterocycles. The van der Waals surface area contributed by atoms with Crippen molar-refractivity contribution in [1.82, 2.24) is 5.32 Å². The van der Waals surface area contributed by atoms with Crippen molar-refractivity contribution in [3.63, 3.8) is 0 Å². The van der Waals surface area contributed by atoms with Gasteiger partial charge in [-0.15, -0.1) is 0 Å². The number of carbonyl (C=O) groups excluding carboxylic acids is 1. The molecule has 2 heterocycles. The molecule has 1 aromatic carbocycles. The minimum atomic E-state index is 0.115. The Labute approximate surface area is 137 Å². The Balaban J connectivity index is 1.51. The molecule has 1 aliphatic rings. The second-order valence-corrected chi connectivity index (χ2v) is 6.22. The van der Waals surface area contributed by atoms with E-state index in [1.54, 1.807) is 6.26 Å². The molecular formula is C19H25N2O2+. The van der Waals surface area contributed by atoms with Gasteiger partial charge in [-0.2, -0.15) is 0 Å². The Bertz CT molecular complexity index is 589. The molecule has 1 fully saturated rings. The average molecular weight is 313 g/mol. The van der Waals surface area contributed by atoms with Gasteiger partial charge in [0.1, 0.15) is 0 Å². The minimum absolute atomic E-state index is 0.115. The molecule has 1 aromatic heterocycles. The molecule has 0 bridgehead atoms. The molecule has 0 spiro atoms. The highest BCUT2D eigenvalue weighted by molar-refractivity contribution is 5.76. The van der Waals surface area contributed by atoms with Gasteiger partial charge in [0, 0.05) is 19.3 Å². The summed E-state index contributed by atoms with van der Waals surface area (Å²) in [5.41, 5.74) is 1.20. The number of aryl methyl sites for hydroxylation is 1. The third-order valence-corrected chi connectivity index (χ3v) is 4.61. The van der Waals surface area contributed by atoms with Crippen molar-refractivity contribution in [2.24, 2.45) is 0 Å². The second kappa shape index (κ2) is 7.97. The molecule has 23 heavy (non-hydrogen) atoms. The van der Waals surface area contributed by atoms with Crippen LogP contribution in [0.5, 0.6) is 0 Å². The van der Waals surface area contributed by atoms with Crippen LogP contribution in [-0.2, 0) is 11.2 Å². The van der Waals surface area contributed by atoms with Crippen LogP contribution in [-0.4, -0.2) is 25.5 Å². The summed E-state index contributed by atoms with van der Waals surface area (Å²) in [4.78, 5) is 13.7. The van der Waals surface area contributed by atoms with Gasteiger partial charge in [0.15, 0.2) is 11.8 Å². The van der Waals surface area contributed by atoms with Gasteiger partial charge in [0.25, 0.3) is 0 Å². The highest BCUT2D eigenvalue weighted by Gasteiger charge is 2.29. The summed E-state index contributed by atoms with van der Waals surface area (Å²) in [6, 6.07) is 14.3. The zero-order chi connectivity index (χ0) is 15.9. The Morgan fingerprint density at radius 2 is 1.91 bits per heavy atom. The second-order valence-electron chi connectivity index (χ2n) is 6.22. The Hall–Kier alpha value is -2.07. The topological polar surface area (TPSA) is 46.7 Å². The molecule has 0 aliphatic carbocycles. The smallest absolute Gasteiger partial charge is 0.220 e. The summed E-state index contributed by atoms with van der Waals surface area (Å²) < 4.78 is 5.60. The van der Waals surface area contributed by atoms with E-state index in [2.05, 4.69) is 17.4 Å². The zero-order valence-electron chi connectivity index (χ0n) is 13.5. The summed E-state index contributed by atoms with van der Waals surface area (Å²) in [6.45, 7) is 2.97. The van der Waals surface area contributed by atoms with Crippen molar-refractivity contribution in [1.29, 1.82) is 0 Å². The van der Waals surface area contributed by atoms with E-state index in [1.165, 1.54) is 23.3 Å². The van der Waals surface area contributed by atoms with Gasteiger partial charge >= 0.3 is 0 Å². The number of amides is 1. The van der Waals surface area contributed by atoms with Crippen molar-refractivity contribution in [2.45, 2.75) is 31.7 Å². The van der Waals surface area contributed by atoms with Crippen LogP contribution in [0.3, 0.4) is 0 Å². The van der Waals surface area contributed by atoms with E-state index < -0.39 is 0 Å². The molecule has 0 saturated carbocycles. The van der Waals surface area contributed by atoms with Crippen LogP contribution in [0, 0.1) is 0 Å². The molecule has 1 aliphatic heterocycles. The Morgan fingerprint density at radius 3 is 2.61 bits per heavy atom. The number of hydrogen-bond acceptors (Lipinski definition) is 2. The van der Waals surface area contributed by atoms with Gasteiger partial charge < -0.3 is 14.6 Å². The van der Waals surface area contributed by atoms with E-state index in [4.69, 9.17) is 4.42 Å². The molecule has 3 rings (SSSR count). The van der Waals surface area contributed by atoms with Gasteiger partial charge in [-0.1, -0.05) is 30.3 Å². The van der Waals surface area contributed by atoms with Gasteiger partial charge in [-0.3, -0.25) is 4.79 Å². The third kappa shape index (κ3) is 4.45. The molecule has 1 atom stereocenters. The van der Waals surface area contributed by atoms with Gasteiger partial charge in [-0.25, -0.2) is 0 Å². The maximum Gasteiger partial charge on any atom is 0.220 e.